The summed E-state index contributed by atoms with van der Waals surface area (Å²) in [6.07, 6.45) is 6.89. The average Bonchev–Trinajstić information content (AvgIpc) is 2.74. The number of hydrogen-bond donors (Lipinski definition) is 1. The van der Waals surface area contributed by atoms with Crippen molar-refractivity contribution in [1.29, 1.82) is 0 Å². The van der Waals surface area contributed by atoms with Gasteiger partial charge in [0, 0.05) is 13.0 Å². The Morgan fingerprint density at radius 3 is 2.52 bits per heavy atom. The Labute approximate surface area is 128 Å². The summed E-state index contributed by atoms with van der Waals surface area (Å²) in [6.45, 7) is 2.68. The zero-order valence-electron chi connectivity index (χ0n) is 13.3. The second kappa shape index (κ2) is 7.81. The molecule has 0 aromatic heterocycles. The normalized spacial score (nSPS) is 19.8. The Hall–Kier alpha value is -1.06. The summed E-state index contributed by atoms with van der Waals surface area (Å²) in [5, 5.41) is 10.8. The fourth-order valence-electron chi connectivity index (χ4n) is 3.40. The molecule has 3 nitrogen and oxygen atoms in total. The Balaban J connectivity index is 2.11. The highest BCUT2D eigenvalue weighted by Crippen LogP contribution is 2.35. The molecule has 0 heterocycles. The van der Waals surface area contributed by atoms with E-state index in [9.17, 15) is 5.11 Å². The molecular formula is C18H28O3. The first kappa shape index (κ1) is 16.3. The van der Waals surface area contributed by atoms with Crippen LogP contribution >= 0.6 is 0 Å². The van der Waals surface area contributed by atoms with Crippen molar-refractivity contribution in [3.63, 3.8) is 0 Å². The highest BCUT2D eigenvalue weighted by atomic mass is 16.5. The van der Waals surface area contributed by atoms with Crippen LogP contribution in [0.25, 0.3) is 0 Å². The maximum absolute atomic E-state index is 10.8. The lowest BCUT2D eigenvalue weighted by molar-refractivity contribution is -0.128. The number of methoxy groups -OCH3 is 1. The molecule has 0 amide bonds. The third-order valence-corrected chi connectivity index (χ3v) is 4.55. The van der Waals surface area contributed by atoms with Crippen molar-refractivity contribution in [2.24, 2.45) is 0 Å². The molecule has 0 saturated heterocycles. The average molecular weight is 292 g/mol. The predicted molar refractivity (Wildman–Crippen MR) is 84.8 cm³/mol. The van der Waals surface area contributed by atoms with E-state index in [1.807, 2.05) is 31.2 Å². The van der Waals surface area contributed by atoms with Crippen molar-refractivity contribution in [2.75, 3.05) is 13.7 Å². The van der Waals surface area contributed by atoms with Crippen molar-refractivity contribution in [2.45, 2.75) is 63.6 Å². The zero-order valence-corrected chi connectivity index (χ0v) is 13.3. The van der Waals surface area contributed by atoms with E-state index in [4.69, 9.17) is 9.47 Å². The van der Waals surface area contributed by atoms with Gasteiger partial charge in [-0.1, -0.05) is 37.8 Å². The summed E-state index contributed by atoms with van der Waals surface area (Å²) >= 11 is 0. The number of rotatable bonds is 6. The molecule has 1 aromatic rings. The van der Waals surface area contributed by atoms with Gasteiger partial charge in [0.15, 0.2) is 0 Å². The predicted octanol–water partition coefficient (Wildman–Crippen LogP) is 3.73. The molecule has 1 saturated carbocycles. The molecule has 1 aromatic carbocycles. The molecule has 118 valence electrons. The first-order valence-electron chi connectivity index (χ1n) is 8.15. The fourth-order valence-corrected chi connectivity index (χ4v) is 3.40. The van der Waals surface area contributed by atoms with Gasteiger partial charge in [0.25, 0.3) is 0 Å². The molecule has 1 aliphatic carbocycles. The van der Waals surface area contributed by atoms with Crippen LogP contribution in [0, 0.1) is 0 Å². The van der Waals surface area contributed by atoms with Crippen LogP contribution < -0.4 is 4.74 Å². The molecular weight excluding hydrogens is 264 g/mol. The van der Waals surface area contributed by atoms with E-state index in [0.29, 0.717) is 13.0 Å². The van der Waals surface area contributed by atoms with Crippen LogP contribution in [-0.2, 0) is 11.2 Å². The van der Waals surface area contributed by atoms with E-state index in [2.05, 4.69) is 0 Å². The number of hydrogen-bond acceptors (Lipinski definition) is 3. The Kier molecular flexibility index (Phi) is 6.07. The molecule has 1 aliphatic rings. The van der Waals surface area contributed by atoms with Crippen LogP contribution in [0.1, 0.15) is 51.0 Å². The smallest absolute Gasteiger partial charge is 0.119 e. The molecule has 0 spiro atoms. The molecule has 3 heteroatoms. The van der Waals surface area contributed by atoms with Gasteiger partial charge in [0.1, 0.15) is 5.75 Å². The van der Waals surface area contributed by atoms with Crippen LogP contribution in [0.3, 0.4) is 0 Å². The van der Waals surface area contributed by atoms with Crippen LogP contribution in [0.15, 0.2) is 24.3 Å². The van der Waals surface area contributed by atoms with E-state index >= 15 is 0 Å². The first-order valence-corrected chi connectivity index (χ1v) is 8.15. The molecule has 1 N–H and O–H groups in total. The Bertz CT molecular complexity index is 422. The second-order valence-corrected chi connectivity index (χ2v) is 5.98. The molecule has 0 radical (unpaired) electrons. The lowest BCUT2D eigenvalue weighted by Gasteiger charge is -2.37. The van der Waals surface area contributed by atoms with Gasteiger partial charge in [-0.05, 0) is 37.5 Å². The third-order valence-electron chi connectivity index (χ3n) is 4.55. The van der Waals surface area contributed by atoms with Crippen molar-refractivity contribution in [3.05, 3.63) is 29.8 Å². The van der Waals surface area contributed by atoms with Gasteiger partial charge < -0.3 is 14.6 Å². The minimum absolute atomic E-state index is 0.367. The second-order valence-electron chi connectivity index (χ2n) is 5.98. The lowest BCUT2D eigenvalue weighted by atomic mass is 9.84. The largest absolute Gasteiger partial charge is 0.497 e. The van der Waals surface area contributed by atoms with Gasteiger partial charge in [0.05, 0.1) is 18.8 Å². The maximum Gasteiger partial charge on any atom is 0.119 e. The zero-order chi connectivity index (χ0) is 15.1. The fraction of sp³-hybridized carbons (Fsp3) is 0.667. The summed E-state index contributed by atoms with van der Waals surface area (Å²) < 4.78 is 11.3. The standard InChI is InChI=1S/C18H28O3/c1-3-21-18(11-6-4-5-7-12-18)17(19)14-15-9-8-10-16(13-15)20-2/h8-10,13,17,19H,3-7,11-12,14H2,1-2H3. The summed E-state index contributed by atoms with van der Waals surface area (Å²) in [4.78, 5) is 0. The lowest BCUT2D eigenvalue weighted by Crippen LogP contribution is -2.46. The number of ether oxygens (including phenoxy) is 2. The van der Waals surface area contributed by atoms with E-state index in [1.165, 1.54) is 12.8 Å². The minimum Gasteiger partial charge on any atom is -0.497 e. The third kappa shape index (κ3) is 4.21. The van der Waals surface area contributed by atoms with Gasteiger partial charge in [-0.3, -0.25) is 0 Å². The van der Waals surface area contributed by atoms with Crippen molar-refractivity contribution >= 4 is 0 Å². The topological polar surface area (TPSA) is 38.7 Å². The number of benzene rings is 1. The Morgan fingerprint density at radius 2 is 1.90 bits per heavy atom. The van der Waals surface area contributed by atoms with E-state index in [0.717, 1.165) is 37.0 Å². The maximum atomic E-state index is 10.8. The number of aliphatic hydroxyl groups excluding tert-OH is 1. The monoisotopic (exact) mass is 292 g/mol. The van der Waals surface area contributed by atoms with Gasteiger partial charge >= 0.3 is 0 Å². The highest BCUT2D eigenvalue weighted by Gasteiger charge is 2.38. The SMILES string of the molecule is CCOC1(C(O)Cc2cccc(OC)c2)CCCCCC1. The summed E-state index contributed by atoms with van der Waals surface area (Å²) in [5.41, 5.74) is 0.735. The summed E-state index contributed by atoms with van der Waals surface area (Å²) in [5.74, 6) is 0.839. The molecule has 1 fully saturated rings. The van der Waals surface area contributed by atoms with Crippen molar-refractivity contribution in [3.8, 4) is 5.75 Å². The van der Waals surface area contributed by atoms with E-state index < -0.39 is 6.10 Å². The summed E-state index contributed by atoms with van der Waals surface area (Å²) in [6, 6.07) is 7.95. The number of aliphatic hydroxyl groups is 1. The molecule has 21 heavy (non-hydrogen) atoms. The van der Waals surface area contributed by atoms with Crippen molar-refractivity contribution in [1.82, 2.24) is 0 Å². The minimum atomic E-state index is -0.456. The van der Waals surface area contributed by atoms with E-state index in [-0.39, 0.29) is 5.60 Å². The quantitative estimate of drug-likeness (QED) is 0.812. The molecule has 0 aliphatic heterocycles. The highest BCUT2D eigenvalue weighted by molar-refractivity contribution is 5.29. The molecule has 2 rings (SSSR count). The van der Waals surface area contributed by atoms with Crippen LogP contribution in [-0.4, -0.2) is 30.5 Å². The molecule has 1 atom stereocenters. The first-order chi connectivity index (χ1) is 10.2. The summed E-state index contributed by atoms with van der Waals surface area (Å²) in [7, 11) is 1.67. The van der Waals surface area contributed by atoms with E-state index in [1.54, 1.807) is 7.11 Å². The van der Waals surface area contributed by atoms with Gasteiger partial charge in [0.2, 0.25) is 0 Å². The van der Waals surface area contributed by atoms with Crippen LogP contribution in [0.2, 0.25) is 0 Å². The van der Waals surface area contributed by atoms with Crippen LogP contribution in [0.5, 0.6) is 5.75 Å². The van der Waals surface area contributed by atoms with Crippen molar-refractivity contribution < 1.29 is 14.6 Å². The van der Waals surface area contributed by atoms with Gasteiger partial charge in [-0.25, -0.2) is 0 Å². The van der Waals surface area contributed by atoms with Crippen LogP contribution in [0.4, 0.5) is 0 Å². The molecule has 0 bridgehead atoms. The van der Waals surface area contributed by atoms with Gasteiger partial charge in [-0.15, -0.1) is 0 Å². The van der Waals surface area contributed by atoms with Gasteiger partial charge in [-0.2, -0.15) is 0 Å². The molecule has 1 unspecified atom stereocenters. The Morgan fingerprint density at radius 1 is 1.19 bits per heavy atom.